The van der Waals surface area contributed by atoms with Crippen LogP contribution in [0.4, 0.5) is 0 Å². The van der Waals surface area contributed by atoms with Gasteiger partial charge in [0.1, 0.15) is 5.65 Å². The maximum atomic E-state index is 12.6. The number of halogens is 1. The third-order valence-electron chi connectivity index (χ3n) is 3.92. The van der Waals surface area contributed by atoms with Gasteiger partial charge in [0.15, 0.2) is 0 Å². The molecule has 3 aromatic heterocycles. The molecule has 0 atom stereocenters. The van der Waals surface area contributed by atoms with Gasteiger partial charge < -0.3 is 10.3 Å². The number of benzene rings is 1. The highest BCUT2D eigenvalue weighted by Crippen LogP contribution is 2.21. The zero-order chi connectivity index (χ0) is 16.5. The molecule has 118 valence electrons. The van der Waals surface area contributed by atoms with Crippen molar-refractivity contribution in [3.63, 3.8) is 0 Å². The largest absolute Gasteiger partial charge is 0.348 e. The molecule has 0 bridgehead atoms. The molecule has 0 spiro atoms. The highest BCUT2D eigenvalue weighted by atomic mass is 79.9. The number of H-pyrrole nitrogens is 1. The number of carbonyl (C=O) groups excluding carboxylic acids is 1. The van der Waals surface area contributed by atoms with Gasteiger partial charge in [-0.1, -0.05) is 18.2 Å². The van der Waals surface area contributed by atoms with E-state index in [1.54, 1.807) is 18.6 Å². The number of hydrogen-bond donors (Lipinski definition) is 2. The predicted molar refractivity (Wildman–Crippen MR) is 96.7 cm³/mol. The molecule has 24 heavy (non-hydrogen) atoms. The quantitative estimate of drug-likeness (QED) is 0.567. The number of fused-ring (bicyclic) bond motifs is 2. The van der Waals surface area contributed by atoms with E-state index in [9.17, 15) is 4.79 Å². The SMILES string of the molecule is O=C(NCc1cccc2ncccc12)c1c[nH]c2ncc(Br)cc12. The molecule has 0 unspecified atom stereocenters. The van der Waals surface area contributed by atoms with Crippen LogP contribution < -0.4 is 5.32 Å². The molecule has 6 heteroatoms. The van der Waals surface area contributed by atoms with Crippen molar-refractivity contribution in [2.45, 2.75) is 6.54 Å². The van der Waals surface area contributed by atoms with E-state index in [1.807, 2.05) is 36.4 Å². The normalized spacial score (nSPS) is 11.0. The number of nitrogens with zero attached hydrogens (tertiary/aromatic N) is 2. The molecule has 0 fully saturated rings. The Morgan fingerprint density at radius 2 is 2.08 bits per heavy atom. The minimum atomic E-state index is -0.137. The van der Waals surface area contributed by atoms with Crippen LogP contribution >= 0.6 is 15.9 Å². The molecule has 3 heterocycles. The van der Waals surface area contributed by atoms with Gasteiger partial charge in [0, 0.05) is 40.4 Å². The number of aromatic amines is 1. The van der Waals surface area contributed by atoms with Crippen molar-refractivity contribution in [3.8, 4) is 0 Å². The highest BCUT2D eigenvalue weighted by Gasteiger charge is 2.13. The van der Waals surface area contributed by atoms with Crippen LogP contribution in [0.3, 0.4) is 0 Å². The van der Waals surface area contributed by atoms with Gasteiger partial charge in [0.25, 0.3) is 5.91 Å². The van der Waals surface area contributed by atoms with E-state index in [-0.39, 0.29) is 5.91 Å². The molecule has 5 nitrogen and oxygen atoms in total. The van der Waals surface area contributed by atoms with E-state index in [1.165, 1.54) is 0 Å². The molecule has 4 rings (SSSR count). The third-order valence-corrected chi connectivity index (χ3v) is 4.35. The highest BCUT2D eigenvalue weighted by molar-refractivity contribution is 9.10. The van der Waals surface area contributed by atoms with E-state index in [2.05, 4.69) is 36.2 Å². The number of nitrogens with one attached hydrogen (secondary N) is 2. The topological polar surface area (TPSA) is 70.7 Å². The van der Waals surface area contributed by atoms with Crippen LogP contribution in [0.2, 0.25) is 0 Å². The lowest BCUT2D eigenvalue weighted by Gasteiger charge is -2.07. The molecule has 0 aliphatic rings. The van der Waals surface area contributed by atoms with Crippen molar-refractivity contribution in [1.29, 1.82) is 0 Å². The Bertz CT molecular complexity index is 1050. The Morgan fingerprint density at radius 1 is 1.17 bits per heavy atom. The fraction of sp³-hybridized carbons (Fsp3) is 0.0556. The Kier molecular flexibility index (Phi) is 3.74. The lowest BCUT2D eigenvalue weighted by Crippen LogP contribution is -2.22. The molecule has 2 N–H and O–H groups in total. The summed E-state index contributed by atoms with van der Waals surface area (Å²) in [6.07, 6.45) is 5.15. The van der Waals surface area contributed by atoms with Crippen molar-refractivity contribution in [2.24, 2.45) is 0 Å². The van der Waals surface area contributed by atoms with Crippen molar-refractivity contribution < 1.29 is 4.79 Å². The monoisotopic (exact) mass is 380 g/mol. The molecule has 0 saturated heterocycles. The van der Waals surface area contributed by atoms with E-state index in [0.717, 1.165) is 26.3 Å². The first-order valence-corrected chi connectivity index (χ1v) is 8.25. The molecule has 4 aromatic rings. The molecular formula is C18H13BrN4O. The summed E-state index contributed by atoms with van der Waals surface area (Å²) in [5.41, 5.74) is 3.23. The van der Waals surface area contributed by atoms with Gasteiger partial charge in [-0.2, -0.15) is 0 Å². The zero-order valence-corrected chi connectivity index (χ0v) is 14.2. The minimum absolute atomic E-state index is 0.137. The number of aromatic nitrogens is 3. The van der Waals surface area contributed by atoms with Gasteiger partial charge in [-0.25, -0.2) is 4.98 Å². The number of pyridine rings is 2. The summed E-state index contributed by atoms with van der Waals surface area (Å²) >= 11 is 3.39. The predicted octanol–water partition coefficient (Wildman–Crippen LogP) is 3.80. The molecule has 0 aliphatic heterocycles. The molecule has 0 radical (unpaired) electrons. The van der Waals surface area contributed by atoms with Gasteiger partial charge in [0.05, 0.1) is 11.1 Å². The zero-order valence-electron chi connectivity index (χ0n) is 12.6. The second kappa shape index (κ2) is 6.05. The third kappa shape index (κ3) is 2.65. The van der Waals surface area contributed by atoms with Gasteiger partial charge >= 0.3 is 0 Å². The second-order valence-electron chi connectivity index (χ2n) is 5.42. The average Bonchev–Trinajstić information content (AvgIpc) is 3.02. The Hall–Kier alpha value is -2.73. The maximum absolute atomic E-state index is 12.6. The lowest BCUT2D eigenvalue weighted by molar-refractivity contribution is 0.0953. The summed E-state index contributed by atoms with van der Waals surface area (Å²) in [6.45, 7) is 0.440. The van der Waals surface area contributed by atoms with Gasteiger partial charge in [-0.15, -0.1) is 0 Å². The van der Waals surface area contributed by atoms with Crippen LogP contribution in [0.1, 0.15) is 15.9 Å². The summed E-state index contributed by atoms with van der Waals surface area (Å²) in [7, 11) is 0. The Balaban J connectivity index is 1.61. The van der Waals surface area contributed by atoms with Crippen molar-refractivity contribution in [1.82, 2.24) is 20.3 Å². The van der Waals surface area contributed by atoms with Crippen LogP contribution in [0.25, 0.3) is 21.9 Å². The standard InChI is InChI=1S/C18H13BrN4O/c19-12-7-14-15(10-22-17(14)21-9-12)18(24)23-8-11-3-1-5-16-13(11)4-2-6-20-16/h1-7,9-10H,8H2,(H,21,22)(H,23,24). The van der Waals surface area contributed by atoms with Crippen molar-refractivity contribution >= 4 is 43.8 Å². The number of amides is 1. The first kappa shape index (κ1) is 14.8. The van der Waals surface area contributed by atoms with Crippen LogP contribution in [0.15, 0.2) is 59.5 Å². The number of hydrogen-bond acceptors (Lipinski definition) is 3. The lowest BCUT2D eigenvalue weighted by atomic mass is 10.1. The fourth-order valence-corrected chi connectivity index (χ4v) is 3.09. The molecule has 1 aromatic carbocycles. The van der Waals surface area contributed by atoms with Crippen LogP contribution in [-0.2, 0) is 6.54 Å². The summed E-state index contributed by atoms with van der Waals surface area (Å²) < 4.78 is 0.837. The van der Waals surface area contributed by atoms with Crippen molar-refractivity contribution in [3.05, 3.63) is 70.6 Å². The summed E-state index contributed by atoms with van der Waals surface area (Å²) in [4.78, 5) is 24.2. The van der Waals surface area contributed by atoms with Gasteiger partial charge in [-0.05, 0) is 39.7 Å². The first-order valence-electron chi connectivity index (χ1n) is 7.46. The van der Waals surface area contributed by atoms with Gasteiger partial charge in [0.2, 0.25) is 0 Å². The van der Waals surface area contributed by atoms with E-state index >= 15 is 0 Å². The number of carbonyl (C=O) groups is 1. The van der Waals surface area contributed by atoms with Crippen LogP contribution in [-0.4, -0.2) is 20.9 Å². The first-order chi connectivity index (χ1) is 11.7. The van der Waals surface area contributed by atoms with Crippen molar-refractivity contribution in [2.75, 3.05) is 0 Å². The number of rotatable bonds is 3. The Morgan fingerprint density at radius 3 is 3.00 bits per heavy atom. The molecular weight excluding hydrogens is 368 g/mol. The molecule has 0 saturated carbocycles. The van der Waals surface area contributed by atoms with E-state index in [4.69, 9.17) is 0 Å². The Labute approximate surface area is 146 Å². The average molecular weight is 381 g/mol. The van der Waals surface area contributed by atoms with Crippen LogP contribution in [0.5, 0.6) is 0 Å². The van der Waals surface area contributed by atoms with E-state index in [0.29, 0.717) is 17.8 Å². The summed E-state index contributed by atoms with van der Waals surface area (Å²) in [6, 6.07) is 11.7. The van der Waals surface area contributed by atoms with E-state index < -0.39 is 0 Å². The summed E-state index contributed by atoms with van der Waals surface area (Å²) in [5, 5.41) is 4.81. The molecule has 0 aliphatic carbocycles. The molecule has 1 amide bonds. The fourth-order valence-electron chi connectivity index (χ4n) is 2.76. The smallest absolute Gasteiger partial charge is 0.253 e. The van der Waals surface area contributed by atoms with Crippen LogP contribution in [0, 0.1) is 0 Å². The summed E-state index contributed by atoms with van der Waals surface area (Å²) in [5.74, 6) is -0.137. The maximum Gasteiger partial charge on any atom is 0.253 e. The van der Waals surface area contributed by atoms with Gasteiger partial charge in [-0.3, -0.25) is 9.78 Å². The minimum Gasteiger partial charge on any atom is -0.348 e. The second-order valence-corrected chi connectivity index (χ2v) is 6.34.